The maximum Gasteiger partial charge on any atom is 0.271 e. The fourth-order valence-corrected chi connectivity index (χ4v) is 4.22. The summed E-state index contributed by atoms with van der Waals surface area (Å²) in [6.07, 6.45) is 5.21. The van der Waals surface area contributed by atoms with Crippen LogP contribution in [0.15, 0.2) is 59.5 Å². The van der Waals surface area contributed by atoms with E-state index in [0.29, 0.717) is 42.5 Å². The van der Waals surface area contributed by atoms with Crippen molar-refractivity contribution >= 4 is 22.7 Å². The Hall–Kier alpha value is -3.81. The van der Waals surface area contributed by atoms with Crippen LogP contribution in [0.5, 0.6) is 0 Å². The first kappa shape index (κ1) is 19.2. The van der Waals surface area contributed by atoms with Gasteiger partial charge >= 0.3 is 0 Å². The predicted octanol–water partition coefficient (Wildman–Crippen LogP) is 3.11. The molecule has 5 rings (SSSR count). The summed E-state index contributed by atoms with van der Waals surface area (Å²) in [5.41, 5.74) is 2.04. The molecule has 2 amide bonds. The minimum Gasteiger partial charge on any atom is -0.467 e. The van der Waals surface area contributed by atoms with Crippen LogP contribution in [0.25, 0.3) is 10.9 Å². The molecular formula is C23H23N5O3. The lowest BCUT2D eigenvalue weighted by molar-refractivity contribution is 0.0639. The van der Waals surface area contributed by atoms with Crippen molar-refractivity contribution in [3.8, 4) is 0 Å². The number of imidazole rings is 1. The highest BCUT2D eigenvalue weighted by atomic mass is 16.3. The van der Waals surface area contributed by atoms with E-state index in [0.717, 1.165) is 10.9 Å². The van der Waals surface area contributed by atoms with E-state index < -0.39 is 0 Å². The van der Waals surface area contributed by atoms with E-state index in [9.17, 15) is 9.59 Å². The third kappa shape index (κ3) is 3.30. The van der Waals surface area contributed by atoms with Gasteiger partial charge in [-0.2, -0.15) is 0 Å². The molecule has 4 heterocycles. The second kappa shape index (κ2) is 7.46. The smallest absolute Gasteiger partial charge is 0.271 e. The Bertz CT molecular complexity index is 1270. The molecule has 1 atom stereocenters. The molecule has 3 aromatic heterocycles. The predicted molar refractivity (Wildman–Crippen MR) is 114 cm³/mol. The SMILES string of the molecule is C[C@H]1c2nc(C(=O)NCc3ccco3)cn2CCN1C(=O)c1cn(C)c2ccccc12. The van der Waals surface area contributed by atoms with Crippen molar-refractivity contribution in [1.29, 1.82) is 0 Å². The zero-order valence-electron chi connectivity index (χ0n) is 17.4. The number of nitrogens with zero attached hydrogens (tertiary/aromatic N) is 4. The molecule has 1 aliphatic heterocycles. The molecule has 1 N–H and O–H groups in total. The molecule has 0 saturated heterocycles. The standard InChI is InChI=1S/C23H23N5O3/c1-15-21-25-19(22(29)24-12-16-6-5-11-31-16)14-27(21)9-10-28(15)23(30)18-13-26(2)20-8-4-3-7-17(18)20/h3-8,11,13-15H,9-10,12H2,1-2H3,(H,24,29)/t15-/m0/s1. The van der Waals surface area contributed by atoms with Crippen molar-refractivity contribution in [2.45, 2.75) is 26.1 Å². The Morgan fingerprint density at radius 2 is 2.00 bits per heavy atom. The summed E-state index contributed by atoms with van der Waals surface area (Å²) in [4.78, 5) is 32.3. The van der Waals surface area contributed by atoms with Gasteiger partial charge in [-0.05, 0) is 25.1 Å². The maximum absolute atomic E-state index is 13.4. The van der Waals surface area contributed by atoms with Gasteiger partial charge in [-0.15, -0.1) is 0 Å². The summed E-state index contributed by atoms with van der Waals surface area (Å²) in [7, 11) is 1.94. The van der Waals surface area contributed by atoms with Crippen LogP contribution in [0.2, 0.25) is 0 Å². The Morgan fingerprint density at radius 1 is 1.16 bits per heavy atom. The first-order chi connectivity index (χ1) is 15.0. The molecule has 8 nitrogen and oxygen atoms in total. The molecule has 0 fully saturated rings. The van der Waals surface area contributed by atoms with E-state index in [-0.39, 0.29) is 17.9 Å². The van der Waals surface area contributed by atoms with Gasteiger partial charge in [-0.1, -0.05) is 18.2 Å². The van der Waals surface area contributed by atoms with Gasteiger partial charge < -0.3 is 23.8 Å². The van der Waals surface area contributed by atoms with Gasteiger partial charge in [-0.3, -0.25) is 9.59 Å². The van der Waals surface area contributed by atoms with Crippen LogP contribution < -0.4 is 5.32 Å². The summed E-state index contributed by atoms with van der Waals surface area (Å²) in [5, 5.41) is 3.76. The molecule has 0 aliphatic carbocycles. The highest BCUT2D eigenvalue weighted by Crippen LogP contribution is 2.29. The molecule has 0 bridgehead atoms. The van der Waals surface area contributed by atoms with Crippen molar-refractivity contribution in [3.05, 3.63) is 77.9 Å². The van der Waals surface area contributed by atoms with Gasteiger partial charge in [0.25, 0.3) is 11.8 Å². The highest BCUT2D eigenvalue weighted by Gasteiger charge is 2.32. The molecule has 0 radical (unpaired) electrons. The van der Waals surface area contributed by atoms with E-state index in [1.54, 1.807) is 24.6 Å². The van der Waals surface area contributed by atoms with E-state index in [4.69, 9.17) is 4.42 Å². The van der Waals surface area contributed by atoms with E-state index in [1.165, 1.54) is 0 Å². The second-order valence-corrected chi connectivity index (χ2v) is 7.79. The number of hydrogen-bond acceptors (Lipinski definition) is 4. The number of furan rings is 1. The van der Waals surface area contributed by atoms with Gasteiger partial charge in [0, 0.05) is 43.4 Å². The van der Waals surface area contributed by atoms with Gasteiger partial charge in [0.1, 0.15) is 17.3 Å². The van der Waals surface area contributed by atoms with E-state index in [2.05, 4.69) is 10.3 Å². The van der Waals surface area contributed by atoms with Crippen molar-refractivity contribution in [3.63, 3.8) is 0 Å². The Kier molecular flexibility index (Phi) is 4.62. The molecule has 8 heteroatoms. The number of fused-ring (bicyclic) bond motifs is 2. The number of carbonyl (C=O) groups excluding carboxylic acids is 2. The average molecular weight is 417 g/mol. The molecule has 0 spiro atoms. The monoisotopic (exact) mass is 417 g/mol. The number of aryl methyl sites for hydroxylation is 1. The fraction of sp³-hybridized carbons (Fsp3) is 0.261. The lowest BCUT2D eigenvalue weighted by Crippen LogP contribution is -2.41. The third-order valence-electron chi connectivity index (χ3n) is 5.85. The topological polar surface area (TPSA) is 85.3 Å². The molecule has 0 unspecified atom stereocenters. The Morgan fingerprint density at radius 3 is 2.81 bits per heavy atom. The summed E-state index contributed by atoms with van der Waals surface area (Å²) in [6.45, 7) is 3.40. The normalized spacial score (nSPS) is 15.8. The van der Waals surface area contributed by atoms with Crippen molar-refractivity contribution < 1.29 is 14.0 Å². The van der Waals surface area contributed by atoms with Gasteiger partial charge in [0.2, 0.25) is 0 Å². The number of carbonyl (C=O) groups is 2. The molecule has 4 aromatic rings. The van der Waals surface area contributed by atoms with Crippen LogP contribution in [0.4, 0.5) is 0 Å². The Labute approximate surface area is 179 Å². The number of hydrogen-bond donors (Lipinski definition) is 1. The molecular weight excluding hydrogens is 394 g/mol. The minimum absolute atomic E-state index is 0.0256. The number of nitrogens with one attached hydrogen (secondary N) is 1. The molecule has 0 saturated carbocycles. The van der Waals surface area contributed by atoms with Gasteiger partial charge in [-0.25, -0.2) is 4.98 Å². The Balaban J connectivity index is 1.37. The zero-order chi connectivity index (χ0) is 21.5. The molecule has 1 aliphatic rings. The van der Waals surface area contributed by atoms with Gasteiger partial charge in [0.05, 0.1) is 24.4 Å². The summed E-state index contributed by atoms with van der Waals surface area (Å²) < 4.78 is 9.18. The second-order valence-electron chi connectivity index (χ2n) is 7.79. The van der Waals surface area contributed by atoms with Crippen LogP contribution >= 0.6 is 0 Å². The van der Waals surface area contributed by atoms with Crippen molar-refractivity contribution in [2.75, 3.05) is 6.54 Å². The average Bonchev–Trinajstić information content (AvgIpc) is 3.51. The maximum atomic E-state index is 13.4. The first-order valence-corrected chi connectivity index (χ1v) is 10.3. The zero-order valence-corrected chi connectivity index (χ0v) is 17.4. The first-order valence-electron chi connectivity index (χ1n) is 10.3. The number of rotatable bonds is 4. The summed E-state index contributed by atoms with van der Waals surface area (Å²) >= 11 is 0. The summed E-state index contributed by atoms with van der Waals surface area (Å²) in [5.74, 6) is 1.10. The lowest BCUT2D eigenvalue weighted by Gasteiger charge is -2.33. The summed E-state index contributed by atoms with van der Waals surface area (Å²) in [6, 6.07) is 11.2. The van der Waals surface area contributed by atoms with E-state index in [1.807, 2.05) is 58.5 Å². The quantitative estimate of drug-likeness (QED) is 0.553. The largest absolute Gasteiger partial charge is 0.467 e. The van der Waals surface area contributed by atoms with Gasteiger partial charge in [0.15, 0.2) is 0 Å². The van der Waals surface area contributed by atoms with Crippen LogP contribution in [-0.2, 0) is 20.1 Å². The lowest BCUT2D eigenvalue weighted by atomic mass is 10.1. The molecule has 31 heavy (non-hydrogen) atoms. The van der Waals surface area contributed by atoms with Crippen LogP contribution in [0.3, 0.4) is 0 Å². The van der Waals surface area contributed by atoms with Crippen LogP contribution in [0, 0.1) is 0 Å². The fourth-order valence-electron chi connectivity index (χ4n) is 4.22. The number of para-hydroxylation sites is 1. The number of aromatic nitrogens is 3. The van der Waals surface area contributed by atoms with E-state index >= 15 is 0 Å². The molecule has 1 aromatic carbocycles. The van der Waals surface area contributed by atoms with Crippen LogP contribution in [0.1, 0.15) is 45.4 Å². The minimum atomic E-state index is -0.266. The van der Waals surface area contributed by atoms with Crippen molar-refractivity contribution in [2.24, 2.45) is 7.05 Å². The molecule has 158 valence electrons. The van der Waals surface area contributed by atoms with Crippen LogP contribution in [-0.4, -0.2) is 37.4 Å². The number of amides is 2. The highest BCUT2D eigenvalue weighted by molar-refractivity contribution is 6.07. The van der Waals surface area contributed by atoms with Crippen molar-refractivity contribution in [1.82, 2.24) is 24.3 Å². The third-order valence-corrected chi connectivity index (χ3v) is 5.85. The number of benzene rings is 1.